The van der Waals surface area contributed by atoms with Gasteiger partial charge in [-0.15, -0.1) is 0 Å². The predicted molar refractivity (Wildman–Crippen MR) is 70.9 cm³/mol. The van der Waals surface area contributed by atoms with Crippen molar-refractivity contribution >= 4 is 20.9 Å². The molecule has 0 radical (unpaired) electrons. The van der Waals surface area contributed by atoms with Gasteiger partial charge in [-0.25, -0.2) is 13.2 Å². The van der Waals surface area contributed by atoms with Gasteiger partial charge in [-0.3, -0.25) is 4.57 Å². The van der Waals surface area contributed by atoms with E-state index < -0.39 is 20.9 Å². The molecule has 102 valence electrons. The van der Waals surface area contributed by atoms with Gasteiger partial charge < -0.3 is 10.1 Å². The minimum Gasteiger partial charge on any atom is -0.508 e. The molecule has 0 spiro atoms. The quantitative estimate of drug-likeness (QED) is 0.820. The van der Waals surface area contributed by atoms with Crippen molar-refractivity contribution in [2.45, 2.75) is 24.6 Å². The number of aromatic amines is 1. The third kappa shape index (κ3) is 1.94. The van der Waals surface area contributed by atoms with Crippen LogP contribution in [0.1, 0.15) is 24.6 Å². The second-order valence-electron chi connectivity index (χ2n) is 4.82. The van der Waals surface area contributed by atoms with Crippen molar-refractivity contribution < 1.29 is 13.5 Å². The number of imidazole rings is 1. The van der Waals surface area contributed by atoms with E-state index >= 15 is 0 Å². The SMILES string of the molecule is O=c1[nH]c2cc(O)ccc2n1C1CCCCS1(=O)=O. The van der Waals surface area contributed by atoms with Crippen molar-refractivity contribution in [2.75, 3.05) is 5.75 Å². The lowest BCUT2D eigenvalue weighted by Gasteiger charge is -2.23. The van der Waals surface area contributed by atoms with E-state index in [1.165, 1.54) is 16.7 Å². The highest BCUT2D eigenvalue weighted by atomic mass is 32.2. The third-order valence-electron chi connectivity index (χ3n) is 3.53. The van der Waals surface area contributed by atoms with Gasteiger partial charge in [0.2, 0.25) is 0 Å². The molecule has 1 aliphatic rings. The van der Waals surface area contributed by atoms with E-state index in [2.05, 4.69) is 4.98 Å². The summed E-state index contributed by atoms with van der Waals surface area (Å²) < 4.78 is 25.5. The van der Waals surface area contributed by atoms with Gasteiger partial charge in [0.1, 0.15) is 11.1 Å². The van der Waals surface area contributed by atoms with Gasteiger partial charge in [0.05, 0.1) is 16.8 Å². The van der Waals surface area contributed by atoms with Crippen molar-refractivity contribution in [3.05, 3.63) is 28.7 Å². The van der Waals surface area contributed by atoms with Crippen molar-refractivity contribution in [3.63, 3.8) is 0 Å². The number of nitrogens with zero attached hydrogens (tertiary/aromatic N) is 1. The minimum atomic E-state index is -3.29. The van der Waals surface area contributed by atoms with E-state index in [0.717, 1.165) is 6.42 Å². The number of hydrogen-bond acceptors (Lipinski definition) is 4. The summed E-state index contributed by atoms with van der Waals surface area (Å²) in [6, 6.07) is 4.43. The Bertz CT molecular complexity index is 788. The molecular weight excluding hydrogens is 268 g/mol. The van der Waals surface area contributed by atoms with Crippen LogP contribution < -0.4 is 5.69 Å². The van der Waals surface area contributed by atoms with Gasteiger partial charge in [-0.1, -0.05) is 0 Å². The zero-order valence-electron chi connectivity index (χ0n) is 10.2. The van der Waals surface area contributed by atoms with Crippen LogP contribution in [0.2, 0.25) is 0 Å². The molecule has 2 heterocycles. The van der Waals surface area contributed by atoms with Crippen LogP contribution >= 0.6 is 0 Å². The van der Waals surface area contributed by atoms with E-state index in [4.69, 9.17) is 0 Å². The van der Waals surface area contributed by atoms with Crippen LogP contribution in [0.15, 0.2) is 23.0 Å². The standard InChI is InChI=1S/C12H14N2O4S/c15-8-4-5-10-9(7-8)13-12(16)14(10)11-3-1-2-6-19(11,17)18/h4-5,7,11,15H,1-3,6H2,(H,13,16). The Kier molecular flexibility index (Phi) is 2.67. The Labute approximate surface area is 109 Å². The third-order valence-corrected chi connectivity index (χ3v) is 5.67. The first-order chi connectivity index (χ1) is 8.99. The Balaban J connectivity index is 2.25. The zero-order chi connectivity index (χ0) is 13.6. The normalized spacial score (nSPS) is 22.6. The molecule has 1 aromatic heterocycles. The summed E-state index contributed by atoms with van der Waals surface area (Å²) in [6.07, 6.45) is 1.90. The first kappa shape index (κ1) is 12.3. The smallest absolute Gasteiger partial charge is 0.327 e. The fourth-order valence-electron chi connectivity index (χ4n) is 2.63. The molecule has 1 aromatic carbocycles. The highest BCUT2D eigenvalue weighted by Crippen LogP contribution is 2.30. The lowest BCUT2D eigenvalue weighted by atomic mass is 10.2. The first-order valence-electron chi connectivity index (χ1n) is 6.14. The summed E-state index contributed by atoms with van der Waals surface area (Å²) in [5.41, 5.74) is 0.514. The van der Waals surface area contributed by atoms with Gasteiger partial charge in [0.25, 0.3) is 0 Å². The Hall–Kier alpha value is -1.76. The molecule has 1 unspecified atom stereocenters. The number of sulfone groups is 1. The number of phenols is 1. The second kappa shape index (κ2) is 4.12. The lowest BCUT2D eigenvalue weighted by Crippen LogP contribution is -2.32. The van der Waals surface area contributed by atoms with Crippen molar-refractivity contribution in [2.24, 2.45) is 0 Å². The predicted octanol–water partition coefficient (Wildman–Crippen LogP) is 1.13. The Morgan fingerprint density at radius 1 is 1.32 bits per heavy atom. The highest BCUT2D eigenvalue weighted by molar-refractivity contribution is 7.91. The summed E-state index contributed by atoms with van der Waals surface area (Å²) >= 11 is 0. The lowest BCUT2D eigenvalue weighted by molar-refractivity contribution is 0.476. The van der Waals surface area contributed by atoms with Gasteiger partial charge in [0.15, 0.2) is 9.84 Å². The molecule has 1 fully saturated rings. The van der Waals surface area contributed by atoms with E-state index in [1.807, 2.05) is 0 Å². The summed E-state index contributed by atoms with van der Waals surface area (Å²) in [7, 11) is -3.29. The van der Waals surface area contributed by atoms with Crippen LogP contribution in [0.5, 0.6) is 5.75 Å². The van der Waals surface area contributed by atoms with Gasteiger partial charge in [-0.05, 0) is 31.4 Å². The molecule has 0 aliphatic carbocycles. The molecule has 1 atom stereocenters. The number of aromatic hydroxyl groups is 1. The summed E-state index contributed by atoms with van der Waals surface area (Å²) in [4.78, 5) is 14.6. The molecule has 0 amide bonds. The number of H-pyrrole nitrogens is 1. The van der Waals surface area contributed by atoms with Gasteiger partial charge in [-0.2, -0.15) is 0 Å². The molecule has 19 heavy (non-hydrogen) atoms. The van der Waals surface area contributed by atoms with Crippen LogP contribution in [0.3, 0.4) is 0 Å². The summed E-state index contributed by atoms with van der Waals surface area (Å²) in [6.45, 7) is 0. The van der Waals surface area contributed by atoms with Crippen LogP contribution in [-0.4, -0.2) is 28.8 Å². The topological polar surface area (TPSA) is 92.2 Å². The number of nitrogens with one attached hydrogen (secondary N) is 1. The molecule has 0 bridgehead atoms. The van der Waals surface area contributed by atoms with Crippen molar-refractivity contribution in [3.8, 4) is 5.75 Å². The number of phenolic OH excluding ortho intramolecular Hbond substituents is 1. The number of rotatable bonds is 1. The van der Waals surface area contributed by atoms with Crippen LogP contribution in [0.25, 0.3) is 11.0 Å². The summed E-state index contributed by atoms with van der Waals surface area (Å²) in [5.74, 6) is 0.155. The Morgan fingerprint density at radius 2 is 2.11 bits per heavy atom. The maximum absolute atomic E-state index is 12.1. The van der Waals surface area contributed by atoms with Crippen LogP contribution in [0.4, 0.5) is 0 Å². The number of aromatic nitrogens is 2. The molecule has 2 aromatic rings. The van der Waals surface area contributed by atoms with E-state index in [9.17, 15) is 18.3 Å². The van der Waals surface area contributed by atoms with Gasteiger partial charge >= 0.3 is 5.69 Å². The molecule has 2 N–H and O–H groups in total. The van der Waals surface area contributed by atoms with Crippen molar-refractivity contribution in [1.29, 1.82) is 0 Å². The second-order valence-corrected chi connectivity index (χ2v) is 7.10. The average Bonchev–Trinajstić information content (AvgIpc) is 2.64. The minimum absolute atomic E-state index is 0.0346. The maximum Gasteiger partial charge on any atom is 0.327 e. The Morgan fingerprint density at radius 3 is 2.84 bits per heavy atom. The average molecular weight is 282 g/mol. The number of fused-ring (bicyclic) bond motifs is 1. The van der Waals surface area contributed by atoms with E-state index in [1.54, 1.807) is 6.07 Å². The zero-order valence-corrected chi connectivity index (χ0v) is 11.0. The van der Waals surface area contributed by atoms with Gasteiger partial charge in [0, 0.05) is 6.07 Å². The molecule has 1 aliphatic heterocycles. The monoisotopic (exact) mass is 282 g/mol. The molecule has 1 saturated heterocycles. The van der Waals surface area contributed by atoms with Crippen LogP contribution in [0, 0.1) is 0 Å². The maximum atomic E-state index is 12.1. The molecule has 0 saturated carbocycles. The molecule has 3 rings (SSSR count). The van der Waals surface area contributed by atoms with Crippen molar-refractivity contribution in [1.82, 2.24) is 9.55 Å². The largest absolute Gasteiger partial charge is 0.508 e. The first-order valence-corrected chi connectivity index (χ1v) is 7.85. The fourth-order valence-corrected chi connectivity index (χ4v) is 4.57. The van der Waals surface area contributed by atoms with E-state index in [0.29, 0.717) is 23.9 Å². The van der Waals surface area contributed by atoms with E-state index in [-0.39, 0.29) is 11.5 Å². The number of hydrogen-bond donors (Lipinski definition) is 2. The molecule has 7 heteroatoms. The van der Waals surface area contributed by atoms with Crippen LogP contribution in [-0.2, 0) is 9.84 Å². The summed E-state index contributed by atoms with van der Waals surface area (Å²) in [5, 5.41) is 8.59. The highest BCUT2D eigenvalue weighted by Gasteiger charge is 2.32. The molecule has 6 nitrogen and oxygen atoms in total. The fraction of sp³-hybridized carbons (Fsp3) is 0.417. The number of benzene rings is 1. The molecular formula is C12H14N2O4S.